The van der Waals surface area contributed by atoms with E-state index in [1.807, 2.05) is 22.8 Å². The van der Waals surface area contributed by atoms with E-state index in [0.29, 0.717) is 18.8 Å². The van der Waals surface area contributed by atoms with Gasteiger partial charge in [-0.2, -0.15) is 5.10 Å². The molecule has 128 valence electrons. The van der Waals surface area contributed by atoms with E-state index in [0.717, 1.165) is 38.2 Å². The summed E-state index contributed by atoms with van der Waals surface area (Å²) >= 11 is 0. The normalized spacial score (nSPS) is 22.0. The summed E-state index contributed by atoms with van der Waals surface area (Å²) in [6.07, 6.45) is 1.91. The van der Waals surface area contributed by atoms with Crippen LogP contribution in [0, 0.1) is 6.92 Å². The number of piperazine rings is 1. The second-order valence-electron chi connectivity index (χ2n) is 6.11. The van der Waals surface area contributed by atoms with E-state index in [1.54, 1.807) is 11.7 Å². The second kappa shape index (κ2) is 7.31. The molecule has 8 heteroatoms. The molecule has 2 amide bonds. The first-order valence-electron chi connectivity index (χ1n) is 7.86. The maximum absolute atomic E-state index is 12.7. The summed E-state index contributed by atoms with van der Waals surface area (Å²) in [4.78, 5) is 28.5. The Morgan fingerprint density at radius 2 is 2.17 bits per heavy atom. The van der Waals surface area contributed by atoms with Gasteiger partial charge in [0.2, 0.25) is 5.91 Å². The van der Waals surface area contributed by atoms with Crippen molar-refractivity contribution < 1.29 is 9.59 Å². The molecule has 1 aromatic rings. The number of nitrogens with one attached hydrogen (secondary N) is 1. The van der Waals surface area contributed by atoms with Crippen LogP contribution >= 0.6 is 12.4 Å². The summed E-state index contributed by atoms with van der Waals surface area (Å²) in [6, 6.07) is 1.96. The molecular weight excluding hydrogens is 318 g/mol. The fourth-order valence-electron chi connectivity index (χ4n) is 3.37. The highest BCUT2D eigenvalue weighted by atomic mass is 35.5. The number of nitrogens with zero attached hydrogens (tertiary/aromatic N) is 4. The summed E-state index contributed by atoms with van der Waals surface area (Å²) in [7, 11) is 1.79. The number of hydrogen-bond donors (Lipinski definition) is 1. The van der Waals surface area contributed by atoms with Crippen LogP contribution in [-0.2, 0) is 11.8 Å². The molecule has 1 N–H and O–H groups in total. The molecule has 2 fully saturated rings. The van der Waals surface area contributed by atoms with Crippen molar-refractivity contribution in [3.8, 4) is 0 Å². The third-order valence-corrected chi connectivity index (χ3v) is 4.47. The van der Waals surface area contributed by atoms with Crippen LogP contribution in [0.3, 0.4) is 0 Å². The van der Waals surface area contributed by atoms with Gasteiger partial charge in [-0.3, -0.25) is 14.3 Å². The van der Waals surface area contributed by atoms with Gasteiger partial charge in [0, 0.05) is 39.3 Å². The van der Waals surface area contributed by atoms with Gasteiger partial charge in [-0.05, 0) is 25.8 Å². The Morgan fingerprint density at radius 3 is 2.83 bits per heavy atom. The van der Waals surface area contributed by atoms with E-state index >= 15 is 0 Å². The molecule has 0 bridgehead atoms. The van der Waals surface area contributed by atoms with Gasteiger partial charge in [0.15, 0.2) is 0 Å². The Kier molecular flexibility index (Phi) is 5.64. The molecule has 0 saturated carbocycles. The maximum Gasteiger partial charge on any atom is 0.272 e. The average Bonchev–Trinajstić information content (AvgIpc) is 2.86. The molecule has 0 aromatic carbocycles. The van der Waals surface area contributed by atoms with Crippen molar-refractivity contribution in [2.24, 2.45) is 7.05 Å². The topological polar surface area (TPSA) is 70.5 Å². The maximum atomic E-state index is 12.7. The predicted molar refractivity (Wildman–Crippen MR) is 88.7 cm³/mol. The second-order valence-corrected chi connectivity index (χ2v) is 6.11. The molecule has 0 radical (unpaired) electrons. The minimum Gasteiger partial charge on any atom is -0.336 e. The minimum atomic E-state index is 0. The van der Waals surface area contributed by atoms with Gasteiger partial charge in [-0.1, -0.05) is 0 Å². The fourth-order valence-corrected chi connectivity index (χ4v) is 3.37. The highest BCUT2D eigenvalue weighted by Crippen LogP contribution is 2.19. The summed E-state index contributed by atoms with van der Waals surface area (Å²) in [5, 5.41) is 7.33. The largest absolute Gasteiger partial charge is 0.336 e. The van der Waals surface area contributed by atoms with Crippen molar-refractivity contribution in [1.29, 1.82) is 0 Å². The number of hydrogen-bond acceptors (Lipinski definition) is 4. The molecule has 2 aliphatic heterocycles. The first kappa shape index (κ1) is 17.7. The molecule has 23 heavy (non-hydrogen) atoms. The molecule has 1 aromatic heterocycles. The number of aromatic nitrogens is 2. The van der Waals surface area contributed by atoms with E-state index in [4.69, 9.17) is 0 Å². The fraction of sp³-hybridized carbons (Fsp3) is 0.667. The van der Waals surface area contributed by atoms with Crippen molar-refractivity contribution in [3.63, 3.8) is 0 Å². The van der Waals surface area contributed by atoms with Crippen LogP contribution in [0.15, 0.2) is 6.07 Å². The molecule has 7 nitrogen and oxygen atoms in total. The van der Waals surface area contributed by atoms with Crippen molar-refractivity contribution in [1.82, 2.24) is 24.9 Å². The summed E-state index contributed by atoms with van der Waals surface area (Å²) in [6.45, 7) is 5.22. The Morgan fingerprint density at radius 1 is 1.39 bits per heavy atom. The number of carbonyl (C=O) groups excluding carboxylic acids is 2. The predicted octanol–water partition coefficient (Wildman–Crippen LogP) is 0.187. The van der Waals surface area contributed by atoms with Gasteiger partial charge in [0.05, 0.1) is 12.2 Å². The number of piperidine rings is 1. The van der Waals surface area contributed by atoms with E-state index in [1.165, 1.54) is 0 Å². The first-order valence-corrected chi connectivity index (χ1v) is 7.86. The van der Waals surface area contributed by atoms with Crippen LogP contribution in [0.4, 0.5) is 0 Å². The highest BCUT2D eigenvalue weighted by molar-refractivity contribution is 5.92. The Bertz CT molecular complexity index is 588. The summed E-state index contributed by atoms with van der Waals surface area (Å²) in [5.74, 6) is 0.150. The minimum absolute atomic E-state index is 0. The number of carbonyl (C=O) groups is 2. The number of amides is 2. The van der Waals surface area contributed by atoms with Gasteiger partial charge >= 0.3 is 0 Å². The van der Waals surface area contributed by atoms with Crippen LogP contribution in [0.1, 0.15) is 29.0 Å². The molecule has 1 unspecified atom stereocenters. The monoisotopic (exact) mass is 341 g/mol. The lowest BCUT2D eigenvalue weighted by molar-refractivity contribution is -0.135. The highest BCUT2D eigenvalue weighted by Gasteiger charge is 2.32. The SMILES string of the molecule is Cc1cc(C(=O)N2CCCC(N3CCNCC3=O)C2)n(C)n1.Cl. The summed E-state index contributed by atoms with van der Waals surface area (Å²) < 4.78 is 1.64. The van der Waals surface area contributed by atoms with Crippen LogP contribution in [-0.4, -0.2) is 70.2 Å². The van der Waals surface area contributed by atoms with Crippen LogP contribution in [0.2, 0.25) is 0 Å². The molecule has 2 aliphatic rings. The Balaban J connectivity index is 0.00000192. The Labute approximate surface area is 142 Å². The van der Waals surface area contributed by atoms with Gasteiger partial charge in [0.1, 0.15) is 5.69 Å². The molecule has 0 aliphatic carbocycles. The summed E-state index contributed by atoms with van der Waals surface area (Å²) in [5.41, 5.74) is 1.46. The van der Waals surface area contributed by atoms with Crippen LogP contribution in [0.25, 0.3) is 0 Å². The van der Waals surface area contributed by atoms with E-state index < -0.39 is 0 Å². The van der Waals surface area contributed by atoms with Gasteiger partial charge in [-0.25, -0.2) is 0 Å². The lowest BCUT2D eigenvalue weighted by atomic mass is 10.0. The standard InChI is InChI=1S/C15H23N5O2.ClH/c1-11-8-13(18(2)17-11)15(22)19-6-3-4-12(10-19)20-7-5-16-9-14(20)21;/h8,12,16H,3-7,9-10H2,1-2H3;1H. The van der Waals surface area contributed by atoms with Crippen molar-refractivity contribution >= 4 is 24.2 Å². The number of rotatable bonds is 2. The van der Waals surface area contributed by atoms with E-state index in [9.17, 15) is 9.59 Å². The zero-order chi connectivity index (χ0) is 15.7. The third kappa shape index (κ3) is 3.67. The van der Waals surface area contributed by atoms with Crippen molar-refractivity contribution in [3.05, 3.63) is 17.5 Å². The van der Waals surface area contributed by atoms with Crippen LogP contribution < -0.4 is 5.32 Å². The van der Waals surface area contributed by atoms with E-state index in [-0.39, 0.29) is 30.3 Å². The van der Waals surface area contributed by atoms with E-state index in [2.05, 4.69) is 10.4 Å². The molecule has 0 spiro atoms. The zero-order valence-electron chi connectivity index (χ0n) is 13.6. The molecule has 3 heterocycles. The zero-order valence-corrected chi connectivity index (χ0v) is 14.4. The van der Waals surface area contributed by atoms with Crippen LogP contribution in [0.5, 0.6) is 0 Å². The van der Waals surface area contributed by atoms with Gasteiger partial charge in [-0.15, -0.1) is 12.4 Å². The Hall–Kier alpha value is -1.60. The quantitative estimate of drug-likeness (QED) is 0.833. The van der Waals surface area contributed by atoms with Gasteiger partial charge < -0.3 is 15.1 Å². The number of aryl methyl sites for hydroxylation is 2. The number of likely N-dealkylation sites (tertiary alicyclic amines) is 1. The third-order valence-electron chi connectivity index (χ3n) is 4.47. The average molecular weight is 342 g/mol. The van der Waals surface area contributed by atoms with Crippen molar-refractivity contribution in [2.45, 2.75) is 25.8 Å². The van der Waals surface area contributed by atoms with Crippen molar-refractivity contribution in [2.75, 3.05) is 32.7 Å². The lowest BCUT2D eigenvalue weighted by Crippen LogP contribution is -2.57. The molecular formula is C15H24ClN5O2. The van der Waals surface area contributed by atoms with Gasteiger partial charge in [0.25, 0.3) is 5.91 Å². The molecule has 3 rings (SSSR count). The number of halogens is 1. The molecule has 1 atom stereocenters. The molecule has 2 saturated heterocycles. The smallest absolute Gasteiger partial charge is 0.272 e. The first-order chi connectivity index (χ1) is 10.6. The lowest BCUT2D eigenvalue weighted by Gasteiger charge is -2.41.